The van der Waals surface area contributed by atoms with Crippen molar-refractivity contribution in [3.05, 3.63) is 0 Å². The van der Waals surface area contributed by atoms with Crippen LogP contribution in [0, 0.1) is 0 Å². The van der Waals surface area contributed by atoms with E-state index >= 15 is 0 Å². The van der Waals surface area contributed by atoms with Crippen molar-refractivity contribution in [3.8, 4) is 0 Å². The maximum absolute atomic E-state index is 5.55. The molecule has 1 fully saturated rings. The van der Waals surface area contributed by atoms with Gasteiger partial charge in [0.2, 0.25) is 0 Å². The molecule has 0 aromatic carbocycles. The highest BCUT2D eigenvalue weighted by atomic mass is 16.5. The number of nitrogens with one attached hydrogen (secondary N) is 1. The topological polar surface area (TPSA) is 24.5 Å². The van der Waals surface area contributed by atoms with Gasteiger partial charge in [-0.25, -0.2) is 0 Å². The highest BCUT2D eigenvalue weighted by Gasteiger charge is 2.14. The van der Waals surface area contributed by atoms with Crippen LogP contribution in [0.1, 0.15) is 52.9 Å². The molecule has 1 aliphatic heterocycles. The minimum atomic E-state index is 0.375. The average Bonchev–Trinajstić information content (AvgIpc) is 2.58. The number of rotatable bonds is 8. The lowest BCUT2D eigenvalue weighted by Crippen LogP contribution is -2.31. The summed E-state index contributed by atoms with van der Waals surface area (Å²) in [5, 5.41) is 3.71. The average molecular weight is 256 g/mol. The number of likely N-dealkylation sites (tertiary alicyclic amines) is 1. The van der Waals surface area contributed by atoms with Crippen LogP contribution >= 0.6 is 0 Å². The Hall–Kier alpha value is -0.120. The van der Waals surface area contributed by atoms with Crippen LogP contribution < -0.4 is 5.32 Å². The molecule has 1 saturated heterocycles. The van der Waals surface area contributed by atoms with E-state index < -0.39 is 0 Å². The van der Waals surface area contributed by atoms with E-state index in [0.717, 1.165) is 19.2 Å². The monoisotopic (exact) mass is 256 g/mol. The van der Waals surface area contributed by atoms with E-state index in [4.69, 9.17) is 4.74 Å². The zero-order valence-electron chi connectivity index (χ0n) is 12.6. The summed E-state index contributed by atoms with van der Waals surface area (Å²) in [6, 6.07) is 0.743. The number of nitrogens with zero attached hydrogens (tertiary/aromatic N) is 1. The second kappa shape index (κ2) is 9.76. The Labute approximate surface area is 113 Å². The largest absolute Gasteiger partial charge is 0.379 e. The molecule has 1 atom stereocenters. The molecule has 3 heteroatoms. The lowest BCUT2D eigenvalue weighted by atomic mass is 10.1. The van der Waals surface area contributed by atoms with Crippen molar-refractivity contribution >= 4 is 0 Å². The minimum absolute atomic E-state index is 0.375. The summed E-state index contributed by atoms with van der Waals surface area (Å²) in [5.41, 5.74) is 0. The number of hydrogen-bond donors (Lipinski definition) is 1. The van der Waals surface area contributed by atoms with Gasteiger partial charge in [-0.15, -0.1) is 0 Å². The number of unbranched alkanes of at least 4 members (excludes halogenated alkanes) is 1. The third-order valence-electron chi connectivity index (χ3n) is 3.72. The third-order valence-corrected chi connectivity index (χ3v) is 3.72. The van der Waals surface area contributed by atoms with Crippen molar-refractivity contribution in [3.63, 3.8) is 0 Å². The van der Waals surface area contributed by atoms with Gasteiger partial charge in [0, 0.05) is 12.6 Å². The zero-order valence-corrected chi connectivity index (χ0v) is 12.6. The SMILES string of the molecule is CCN1CCCC(NCCCCOC(C)C)CC1. The smallest absolute Gasteiger partial charge is 0.0518 e. The van der Waals surface area contributed by atoms with Crippen LogP contribution in [0.4, 0.5) is 0 Å². The van der Waals surface area contributed by atoms with Gasteiger partial charge >= 0.3 is 0 Å². The molecule has 3 nitrogen and oxygen atoms in total. The van der Waals surface area contributed by atoms with Gasteiger partial charge in [0.1, 0.15) is 0 Å². The second-order valence-electron chi connectivity index (χ2n) is 5.64. The Morgan fingerprint density at radius 1 is 1.22 bits per heavy atom. The molecule has 108 valence electrons. The van der Waals surface area contributed by atoms with E-state index in [-0.39, 0.29) is 0 Å². The highest BCUT2D eigenvalue weighted by Crippen LogP contribution is 2.10. The lowest BCUT2D eigenvalue weighted by molar-refractivity contribution is 0.0759. The van der Waals surface area contributed by atoms with Gasteiger partial charge in [-0.1, -0.05) is 6.92 Å². The van der Waals surface area contributed by atoms with Gasteiger partial charge in [0.15, 0.2) is 0 Å². The van der Waals surface area contributed by atoms with Crippen LogP contribution in [0.3, 0.4) is 0 Å². The van der Waals surface area contributed by atoms with Crippen molar-refractivity contribution in [1.82, 2.24) is 10.2 Å². The van der Waals surface area contributed by atoms with Crippen LogP contribution in [-0.4, -0.2) is 49.8 Å². The second-order valence-corrected chi connectivity index (χ2v) is 5.64. The number of ether oxygens (including phenoxy) is 1. The van der Waals surface area contributed by atoms with Gasteiger partial charge < -0.3 is 15.0 Å². The highest BCUT2D eigenvalue weighted by molar-refractivity contribution is 4.74. The Balaban J connectivity index is 1.98. The standard InChI is InChI=1S/C15H32N2O/c1-4-17-11-7-8-15(9-12-17)16-10-5-6-13-18-14(2)3/h14-16H,4-13H2,1-3H3. The molecule has 1 aliphatic rings. The van der Waals surface area contributed by atoms with Gasteiger partial charge in [0.05, 0.1) is 6.10 Å². The van der Waals surface area contributed by atoms with E-state index in [2.05, 4.69) is 31.0 Å². The first kappa shape index (κ1) is 15.9. The molecule has 1 heterocycles. The molecular formula is C15H32N2O. The molecular weight excluding hydrogens is 224 g/mol. The van der Waals surface area contributed by atoms with Gasteiger partial charge in [-0.3, -0.25) is 0 Å². The maximum Gasteiger partial charge on any atom is 0.0518 e. The molecule has 0 radical (unpaired) electrons. The van der Waals surface area contributed by atoms with Crippen molar-refractivity contribution in [2.45, 2.75) is 65.0 Å². The summed E-state index contributed by atoms with van der Waals surface area (Å²) < 4.78 is 5.55. The fourth-order valence-corrected chi connectivity index (χ4v) is 2.53. The summed E-state index contributed by atoms with van der Waals surface area (Å²) in [6.45, 7) is 12.3. The maximum atomic E-state index is 5.55. The molecule has 0 aromatic heterocycles. The van der Waals surface area contributed by atoms with Crippen molar-refractivity contribution in [2.75, 3.05) is 32.8 Å². The van der Waals surface area contributed by atoms with Crippen LogP contribution in [0.25, 0.3) is 0 Å². The molecule has 0 aromatic rings. The Kier molecular flexibility index (Phi) is 8.64. The molecule has 0 bridgehead atoms. The predicted octanol–water partition coefficient (Wildman–Crippen LogP) is 2.66. The zero-order chi connectivity index (χ0) is 13.2. The third kappa shape index (κ3) is 7.34. The first-order chi connectivity index (χ1) is 8.72. The Morgan fingerprint density at radius 2 is 2.06 bits per heavy atom. The fraction of sp³-hybridized carbons (Fsp3) is 1.00. The van der Waals surface area contributed by atoms with Crippen LogP contribution in [-0.2, 0) is 4.74 Å². The van der Waals surface area contributed by atoms with E-state index in [9.17, 15) is 0 Å². The Morgan fingerprint density at radius 3 is 2.78 bits per heavy atom. The van der Waals surface area contributed by atoms with Crippen LogP contribution in [0.5, 0.6) is 0 Å². The molecule has 0 aliphatic carbocycles. The quantitative estimate of drug-likeness (QED) is 0.676. The van der Waals surface area contributed by atoms with Crippen LogP contribution in [0.15, 0.2) is 0 Å². The van der Waals surface area contributed by atoms with Crippen molar-refractivity contribution in [1.29, 1.82) is 0 Å². The molecule has 0 spiro atoms. The normalized spacial score (nSPS) is 22.3. The van der Waals surface area contributed by atoms with E-state index in [0.29, 0.717) is 6.10 Å². The molecule has 0 saturated carbocycles. The molecule has 1 N–H and O–H groups in total. The summed E-state index contributed by atoms with van der Waals surface area (Å²) in [5.74, 6) is 0. The molecule has 18 heavy (non-hydrogen) atoms. The minimum Gasteiger partial charge on any atom is -0.379 e. The summed E-state index contributed by atoms with van der Waals surface area (Å²) in [4.78, 5) is 2.57. The molecule has 1 rings (SSSR count). The van der Waals surface area contributed by atoms with Gasteiger partial charge in [0.25, 0.3) is 0 Å². The summed E-state index contributed by atoms with van der Waals surface area (Å²) in [7, 11) is 0. The van der Waals surface area contributed by atoms with Gasteiger partial charge in [-0.2, -0.15) is 0 Å². The van der Waals surface area contributed by atoms with E-state index in [1.807, 2.05) is 0 Å². The van der Waals surface area contributed by atoms with Crippen LogP contribution in [0.2, 0.25) is 0 Å². The van der Waals surface area contributed by atoms with Crippen molar-refractivity contribution in [2.24, 2.45) is 0 Å². The van der Waals surface area contributed by atoms with Crippen molar-refractivity contribution < 1.29 is 4.74 Å². The summed E-state index contributed by atoms with van der Waals surface area (Å²) >= 11 is 0. The van der Waals surface area contributed by atoms with E-state index in [1.54, 1.807) is 0 Å². The number of hydrogen-bond acceptors (Lipinski definition) is 3. The first-order valence-corrected chi connectivity index (χ1v) is 7.79. The fourth-order valence-electron chi connectivity index (χ4n) is 2.53. The Bertz CT molecular complexity index is 197. The summed E-state index contributed by atoms with van der Waals surface area (Å²) in [6.07, 6.45) is 6.80. The lowest BCUT2D eigenvalue weighted by Gasteiger charge is -2.18. The van der Waals surface area contributed by atoms with Gasteiger partial charge in [-0.05, 0) is 72.1 Å². The molecule has 0 amide bonds. The predicted molar refractivity (Wildman–Crippen MR) is 78.1 cm³/mol. The first-order valence-electron chi connectivity index (χ1n) is 7.79. The molecule has 1 unspecified atom stereocenters. The van der Waals surface area contributed by atoms with E-state index in [1.165, 1.54) is 51.7 Å².